The van der Waals surface area contributed by atoms with Crippen LogP contribution in [-0.2, 0) is 19.2 Å². The lowest BCUT2D eigenvalue weighted by atomic mass is 10.1. The highest BCUT2D eigenvalue weighted by Gasteiger charge is 2.13. The number of hydrogen-bond donors (Lipinski definition) is 0. The molecular formula is C9H12O4. The van der Waals surface area contributed by atoms with Crippen molar-refractivity contribution in [3.8, 4) is 0 Å². The van der Waals surface area contributed by atoms with Crippen LogP contribution in [0.3, 0.4) is 0 Å². The summed E-state index contributed by atoms with van der Waals surface area (Å²) in [5.41, 5.74) is 0. The molecule has 0 aliphatic carbocycles. The molecule has 0 atom stereocenters. The average molecular weight is 184 g/mol. The second-order valence-corrected chi connectivity index (χ2v) is 2.90. The fourth-order valence-electron chi connectivity index (χ4n) is 0.707. The Labute approximate surface area is 76.3 Å². The van der Waals surface area contributed by atoms with Gasteiger partial charge in [-0.2, -0.15) is 0 Å². The molecule has 0 fully saturated rings. The summed E-state index contributed by atoms with van der Waals surface area (Å²) in [4.78, 5) is 42.6. The van der Waals surface area contributed by atoms with Crippen LogP contribution in [0, 0.1) is 0 Å². The van der Waals surface area contributed by atoms with E-state index < -0.39 is 11.6 Å². The van der Waals surface area contributed by atoms with Crippen LogP contribution in [0.5, 0.6) is 0 Å². The van der Waals surface area contributed by atoms with Gasteiger partial charge in [-0.05, 0) is 6.92 Å². The van der Waals surface area contributed by atoms with Gasteiger partial charge in [0.1, 0.15) is 11.6 Å². The first-order valence-electron chi connectivity index (χ1n) is 3.98. The van der Waals surface area contributed by atoms with E-state index >= 15 is 0 Å². The Morgan fingerprint density at radius 1 is 0.923 bits per heavy atom. The van der Waals surface area contributed by atoms with Crippen molar-refractivity contribution in [1.82, 2.24) is 0 Å². The van der Waals surface area contributed by atoms with Crippen molar-refractivity contribution < 1.29 is 19.2 Å². The van der Waals surface area contributed by atoms with Gasteiger partial charge in [-0.3, -0.25) is 14.4 Å². The van der Waals surface area contributed by atoms with E-state index in [0.29, 0.717) is 0 Å². The smallest absolute Gasteiger partial charge is 0.205 e. The van der Waals surface area contributed by atoms with E-state index in [0.717, 1.165) is 6.92 Å². The van der Waals surface area contributed by atoms with Crippen LogP contribution in [0.15, 0.2) is 0 Å². The molecule has 13 heavy (non-hydrogen) atoms. The standard InChI is InChI=1S/C9H12O4/c1-6(10)3-4-8(12)5-9(13)7(2)11/h3-5H2,1-2H3. The minimum absolute atomic E-state index is 0.0500. The summed E-state index contributed by atoms with van der Waals surface area (Å²) < 4.78 is 0. The molecule has 0 heterocycles. The van der Waals surface area contributed by atoms with Crippen molar-refractivity contribution in [3.05, 3.63) is 0 Å². The molecule has 4 heteroatoms. The molecular weight excluding hydrogens is 172 g/mol. The summed E-state index contributed by atoms with van der Waals surface area (Å²) in [6.07, 6.45) is -0.180. The van der Waals surface area contributed by atoms with Crippen LogP contribution < -0.4 is 0 Å². The van der Waals surface area contributed by atoms with Gasteiger partial charge in [0.15, 0.2) is 5.78 Å². The molecule has 0 aromatic carbocycles. The summed E-state index contributed by atoms with van der Waals surface area (Å²) in [6.45, 7) is 2.50. The minimum atomic E-state index is -0.687. The van der Waals surface area contributed by atoms with Crippen molar-refractivity contribution in [1.29, 1.82) is 0 Å². The first kappa shape index (κ1) is 11.7. The third-order valence-corrected chi connectivity index (χ3v) is 1.51. The molecule has 0 aromatic rings. The molecule has 0 aromatic heterocycles. The number of carbonyl (C=O) groups excluding carboxylic acids is 4. The van der Waals surface area contributed by atoms with E-state index in [4.69, 9.17) is 0 Å². The lowest BCUT2D eigenvalue weighted by molar-refractivity contribution is -0.138. The van der Waals surface area contributed by atoms with Crippen molar-refractivity contribution in [2.24, 2.45) is 0 Å². The molecule has 0 radical (unpaired) electrons. The van der Waals surface area contributed by atoms with E-state index in [-0.39, 0.29) is 30.8 Å². The fourth-order valence-corrected chi connectivity index (χ4v) is 0.707. The average Bonchev–Trinajstić information content (AvgIpc) is 2.00. The maximum Gasteiger partial charge on any atom is 0.205 e. The Morgan fingerprint density at radius 2 is 1.46 bits per heavy atom. The molecule has 0 amide bonds. The zero-order valence-corrected chi connectivity index (χ0v) is 7.75. The van der Waals surface area contributed by atoms with Crippen molar-refractivity contribution in [2.75, 3.05) is 0 Å². The number of carbonyl (C=O) groups is 4. The molecule has 0 aliphatic rings. The van der Waals surface area contributed by atoms with Crippen molar-refractivity contribution in [2.45, 2.75) is 33.1 Å². The summed E-state index contributed by atoms with van der Waals surface area (Å²) in [7, 11) is 0. The highest BCUT2D eigenvalue weighted by atomic mass is 16.2. The van der Waals surface area contributed by atoms with Gasteiger partial charge in [0.25, 0.3) is 0 Å². The van der Waals surface area contributed by atoms with Gasteiger partial charge in [0.05, 0.1) is 6.42 Å². The van der Waals surface area contributed by atoms with Gasteiger partial charge in [-0.1, -0.05) is 0 Å². The molecule has 0 rings (SSSR count). The van der Waals surface area contributed by atoms with E-state index in [2.05, 4.69) is 0 Å². The molecule has 0 bridgehead atoms. The molecule has 0 saturated carbocycles. The first-order chi connectivity index (χ1) is 5.93. The second-order valence-electron chi connectivity index (χ2n) is 2.90. The highest BCUT2D eigenvalue weighted by Crippen LogP contribution is 1.97. The number of hydrogen-bond acceptors (Lipinski definition) is 4. The Bertz CT molecular complexity index is 252. The second kappa shape index (κ2) is 5.35. The maximum atomic E-state index is 10.9. The quantitative estimate of drug-likeness (QED) is 0.444. The van der Waals surface area contributed by atoms with Crippen LogP contribution in [0.2, 0.25) is 0 Å². The summed E-state index contributed by atoms with van der Waals surface area (Å²) >= 11 is 0. The summed E-state index contributed by atoms with van der Waals surface area (Å²) in [5.74, 6) is -1.75. The monoisotopic (exact) mass is 184 g/mol. The molecule has 0 aliphatic heterocycles. The summed E-state index contributed by atoms with van der Waals surface area (Å²) in [5, 5.41) is 0. The van der Waals surface area contributed by atoms with Gasteiger partial charge in [0, 0.05) is 19.8 Å². The predicted molar refractivity (Wildman–Crippen MR) is 45.2 cm³/mol. The molecule has 0 saturated heterocycles. The molecule has 0 unspecified atom stereocenters. The zero-order chi connectivity index (χ0) is 10.4. The minimum Gasteiger partial charge on any atom is -0.300 e. The predicted octanol–water partition coefficient (Wildman–Crippen LogP) is 0.473. The molecule has 0 N–H and O–H groups in total. The topological polar surface area (TPSA) is 68.3 Å². The number of ketones is 4. The van der Waals surface area contributed by atoms with Crippen LogP contribution in [0.25, 0.3) is 0 Å². The molecule has 4 nitrogen and oxygen atoms in total. The third-order valence-electron chi connectivity index (χ3n) is 1.51. The molecule has 72 valence electrons. The van der Waals surface area contributed by atoms with Gasteiger partial charge in [0.2, 0.25) is 5.78 Å². The fraction of sp³-hybridized carbons (Fsp3) is 0.556. The maximum absolute atomic E-state index is 10.9. The number of rotatable bonds is 6. The first-order valence-corrected chi connectivity index (χ1v) is 3.98. The lowest BCUT2D eigenvalue weighted by Gasteiger charge is -1.95. The van der Waals surface area contributed by atoms with Gasteiger partial charge in [-0.15, -0.1) is 0 Å². The van der Waals surface area contributed by atoms with Crippen molar-refractivity contribution in [3.63, 3.8) is 0 Å². The Hall–Kier alpha value is -1.32. The van der Waals surface area contributed by atoms with Crippen molar-refractivity contribution >= 4 is 23.1 Å². The largest absolute Gasteiger partial charge is 0.300 e. The summed E-state index contributed by atoms with van der Waals surface area (Å²) in [6, 6.07) is 0. The normalized spacial score (nSPS) is 9.38. The van der Waals surface area contributed by atoms with E-state index in [1.165, 1.54) is 6.92 Å². The van der Waals surface area contributed by atoms with E-state index in [1.54, 1.807) is 0 Å². The lowest BCUT2D eigenvalue weighted by Crippen LogP contribution is -2.15. The van der Waals surface area contributed by atoms with E-state index in [9.17, 15) is 19.2 Å². The van der Waals surface area contributed by atoms with E-state index in [1.807, 2.05) is 0 Å². The highest BCUT2D eigenvalue weighted by molar-refractivity contribution is 6.39. The van der Waals surface area contributed by atoms with Crippen LogP contribution in [0.4, 0.5) is 0 Å². The van der Waals surface area contributed by atoms with Gasteiger partial charge < -0.3 is 4.79 Å². The SMILES string of the molecule is CC(=O)CCC(=O)CC(=O)C(C)=O. The Morgan fingerprint density at radius 3 is 1.85 bits per heavy atom. The van der Waals surface area contributed by atoms with Crippen LogP contribution >= 0.6 is 0 Å². The van der Waals surface area contributed by atoms with Crippen LogP contribution in [0.1, 0.15) is 33.1 Å². The molecule has 0 spiro atoms. The Balaban J connectivity index is 3.82. The Kier molecular flexibility index (Phi) is 4.80. The van der Waals surface area contributed by atoms with Gasteiger partial charge in [-0.25, -0.2) is 0 Å². The van der Waals surface area contributed by atoms with Gasteiger partial charge >= 0.3 is 0 Å². The zero-order valence-electron chi connectivity index (χ0n) is 7.75. The van der Waals surface area contributed by atoms with Crippen LogP contribution in [-0.4, -0.2) is 23.1 Å². The number of Topliss-reactive ketones (excluding diaryl/α,β-unsaturated/α-hetero) is 4. The third kappa shape index (κ3) is 5.90.